The second kappa shape index (κ2) is 6.25. The number of methoxy groups -OCH3 is 1. The molecular formula is C13H19F3N2O. The fourth-order valence-electron chi connectivity index (χ4n) is 2.02. The molecule has 1 aromatic carbocycles. The summed E-state index contributed by atoms with van der Waals surface area (Å²) in [5.41, 5.74) is 11.0. The second-order valence-electron chi connectivity index (χ2n) is 4.47. The Morgan fingerprint density at radius 3 is 2.21 bits per heavy atom. The van der Waals surface area contributed by atoms with Crippen LogP contribution < -0.4 is 16.2 Å². The van der Waals surface area contributed by atoms with E-state index in [-0.39, 0.29) is 11.8 Å². The third kappa shape index (κ3) is 3.61. The van der Waals surface area contributed by atoms with E-state index in [0.717, 1.165) is 12.1 Å². The van der Waals surface area contributed by atoms with E-state index in [0.29, 0.717) is 24.4 Å². The molecule has 0 aliphatic heterocycles. The molecule has 0 aliphatic rings. The van der Waals surface area contributed by atoms with Crippen LogP contribution in [0.15, 0.2) is 18.2 Å². The van der Waals surface area contributed by atoms with Gasteiger partial charge in [-0.2, -0.15) is 13.2 Å². The average molecular weight is 276 g/mol. The van der Waals surface area contributed by atoms with Crippen molar-refractivity contribution in [1.82, 2.24) is 0 Å². The first-order chi connectivity index (χ1) is 8.85. The quantitative estimate of drug-likeness (QED) is 0.867. The molecule has 0 saturated heterocycles. The number of alkyl halides is 3. The first-order valence-corrected chi connectivity index (χ1v) is 6.00. The van der Waals surface area contributed by atoms with Gasteiger partial charge in [-0.05, 0) is 48.7 Å². The first kappa shape index (κ1) is 15.8. The Bertz CT molecular complexity index is 417. The summed E-state index contributed by atoms with van der Waals surface area (Å²) in [5, 5.41) is 0. The minimum atomic E-state index is -4.37. The van der Waals surface area contributed by atoms with Crippen LogP contribution >= 0.6 is 0 Å². The standard InChI is InChI=1S/C13H19F3N2O/c1-8(9(6-17)7-18)11-5-10(13(14,15)16)3-4-12(11)19-2/h3-5,8-9H,6-7,17-18H2,1-2H3. The van der Waals surface area contributed by atoms with Gasteiger partial charge in [0.1, 0.15) is 5.75 Å². The number of hydrogen-bond donors (Lipinski definition) is 2. The second-order valence-corrected chi connectivity index (χ2v) is 4.47. The molecule has 1 atom stereocenters. The van der Waals surface area contributed by atoms with E-state index >= 15 is 0 Å². The smallest absolute Gasteiger partial charge is 0.416 e. The molecule has 0 aliphatic carbocycles. The molecule has 0 spiro atoms. The number of halogens is 3. The van der Waals surface area contributed by atoms with Crippen molar-refractivity contribution in [3.63, 3.8) is 0 Å². The van der Waals surface area contributed by atoms with E-state index in [9.17, 15) is 13.2 Å². The number of benzene rings is 1. The highest BCUT2D eigenvalue weighted by Gasteiger charge is 2.32. The Labute approximate surface area is 110 Å². The van der Waals surface area contributed by atoms with Gasteiger partial charge in [-0.3, -0.25) is 0 Å². The number of ether oxygens (including phenoxy) is 1. The van der Waals surface area contributed by atoms with E-state index in [1.165, 1.54) is 13.2 Å². The molecule has 19 heavy (non-hydrogen) atoms. The van der Waals surface area contributed by atoms with Crippen molar-refractivity contribution in [1.29, 1.82) is 0 Å². The molecular weight excluding hydrogens is 257 g/mol. The molecule has 6 heteroatoms. The molecule has 0 fully saturated rings. The van der Waals surface area contributed by atoms with Crippen LogP contribution in [-0.4, -0.2) is 20.2 Å². The van der Waals surface area contributed by atoms with Crippen molar-refractivity contribution in [3.05, 3.63) is 29.3 Å². The molecule has 0 radical (unpaired) electrons. The normalized spacial score (nSPS) is 13.7. The van der Waals surface area contributed by atoms with Crippen LogP contribution in [-0.2, 0) is 6.18 Å². The van der Waals surface area contributed by atoms with Gasteiger partial charge in [-0.15, -0.1) is 0 Å². The van der Waals surface area contributed by atoms with Crippen LogP contribution in [0.25, 0.3) is 0 Å². The third-order valence-corrected chi connectivity index (χ3v) is 3.36. The van der Waals surface area contributed by atoms with Crippen molar-refractivity contribution in [2.75, 3.05) is 20.2 Å². The van der Waals surface area contributed by atoms with Crippen LogP contribution in [0.5, 0.6) is 5.75 Å². The van der Waals surface area contributed by atoms with Crippen LogP contribution in [0.3, 0.4) is 0 Å². The van der Waals surface area contributed by atoms with Crippen LogP contribution in [0.4, 0.5) is 13.2 Å². The minimum Gasteiger partial charge on any atom is -0.496 e. The average Bonchev–Trinajstić information content (AvgIpc) is 2.38. The van der Waals surface area contributed by atoms with Gasteiger partial charge < -0.3 is 16.2 Å². The highest BCUT2D eigenvalue weighted by Crippen LogP contribution is 2.37. The van der Waals surface area contributed by atoms with Crippen molar-refractivity contribution < 1.29 is 17.9 Å². The van der Waals surface area contributed by atoms with Gasteiger partial charge in [-0.1, -0.05) is 6.92 Å². The van der Waals surface area contributed by atoms with Crippen molar-refractivity contribution >= 4 is 0 Å². The maximum Gasteiger partial charge on any atom is 0.416 e. The number of nitrogens with two attached hydrogens (primary N) is 2. The topological polar surface area (TPSA) is 61.3 Å². The zero-order chi connectivity index (χ0) is 14.6. The lowest BCUT2D eigenvalue weighted by Crippen LogP contribution is -2.28. The molecule has 0 amide bonds. The number of rotatable bonds is 5. The van der Waals surface area contributed by atoms with Gasteiger partial charge in [0.25, 0.3) is 0 Å². The number of hydrogen-bond acceptors (Lipinski definition) is 3. The largest absolute Gasteiger partial charge is 0.496 e. The fraction of sp³-hybridized carbons (Fsp3) is 0.538. The molecule has 108 valence electrons. The molecule has 0 heterocycles. The monoisotopic (exact) mass is 276 g/mol. The summed E-state index contributed by atoms with van der Waals surface area (Å²) in [6.07, 6.45) is -4.37. The summed E-state index contributed by atoms with van der Waals surface area (Å²) >= 11 is 0. The lowest BCUT2D eigenvalue weighted by Gasteiger charge is -2.24. The van der Waals surface area contributed by atoms with Crippen LogP contribution in [0, 0.1) is 5.92 Å². The van der Waals surface area contributed by atoms with E-state index in [4.69, 9.17) is 16.2 Å². The Hall–Kier alpha value is -1.27. The van der Waals surface area contributed by atoms with Crippen molar-refractivity contribution in [2.45, 2.75) is 19.0 Å². The summed E-state index contributed by atoms with van der Waals surface area (Å²) in [5.74, 6) is 0.136. The Morgan fingerprint density at radius 2 is 1.79 bits per heavy atom. The molecule has 1 aromatic rings. The van der Waals surface area contributed by atoms with Crippen molar-refractivity contribution in [2.24, 2.45) is 17.4 Å². The van der Waals surface area contributed by atoms with Crippen molar-refractivity contribution in [3.8, 4) is 5.75 Å². The van der Waals surface area contributed by atoms with Gasteiger partial charge >= 0.3 is 6.18 Å². The zero-order valence-corrected chi connectivity index (χ0v) is 11.0. The fourth-order valence-corrected chi connectivity index (χ4v) is 2.02. The molecule has 0 saturated carbocycles. The molecule has 4 N–H and O–H groups in total. The predicted octanol–water partition coefficient (Wildman–Crippen LogP) is 2.35. The lowest BCUT2D eigenvalue weighted by molar-refractivity contribution is -0.137. The van der Waals surface area contributed by atoms with E-state index in [1.54, 1.807) is 0 Å². The van der Waals surface area contributed by atoms with Crippen LogP contribution in [0.2, 0.25) is 0 Å². The summed E-state index contributed by atoms with van der Waals surface area (Å²) in [4.78, 5) is 0. The van der Waals surface area contributed by atoms with Gasteiger partial charge in [-0.25, -0.2) is 0 Å². The van der Waals surface area contributed by atoms with Gasteiger partial charge in [0.2, 0.25) is 0 Å². The summed E-state index contributed by atoms with van der Waals surface area (Å²) in [7, 11) is 1.43. The molecule has 1 unspecified atom stereocenters. The van der Waals surface area contributed by atoms with E-state index in [2.05, 4.69) is 0 Å². The predicted molar refractivity (Wildman–Crippen MR) is 68.0 cm³/mol. The Kier molecular flexibility index (Phi) is 5.20. The SMILES string of the molecule is COc1ccc(C(F)(F)F)cc1C(C)C(CN)CN. The maximum atomic E-state index is 12.7. The Balaban J connectivity index is 3.22. The van der Waals surface area contributed by atoms with Crippen LogP contribution in [0.1, 0.15) is 24.0 Å². The molecule has 1 rings (SSSR count). The highest BCUT2D eigenvalue weighted by atomic mass is 19.4. The molecule has 0 aromatic heterocycles. The molecule has 0 bridgehead atoms. The zero-order valence-electron chi connectivity index (χ0n) is 11.0. The lowest BCUT2D eigenvalue weighted by atomic mass is 9.86. The van der Waals surface area contributed by atoms with E-state index in [1.807, 2.05) is 6.92 Å². The first-order valence-electron chi connectivity index (χ1n) is 6.00. The highest BCUT2D eigenvalue weighted by molar-refractivity contribution is 5.41. The Morgan fingerprint density at radius 1 is 1.21 bits per heavy atom. The summed E-state index contributed by atoms with van der Waals surface area (Å²) < 4.78 is 43.3. The third-order valence-electron chi connectivity index (χ3n) is 3.36. The minimum absolute atomic E-state index is 0.0858. The van der Waals surface area contributed by atoms with Gasteiger partial charge in [0.15, 0.2) is 0 Å². The summed E-state index contributed by atoms with van der Waals surface area (Å²) in [6, 6.07) is 3.45. The van der Waals surface area contributed by atoms with Gasteiger partial charge in [0, 0.05) is 0 Å². The van der Waals surface area contributed by atoms with Gasteiger partial charge in [0.05, 0.1) is 12.7 Å². The summed E-state index contributed by atoms with van der Waals surface area (Å²) in [6.45, 7) is 2.44. The maximum absolute atomic E-state index is 12.7. The molecule has 3 nitrogen and oxygen atoms in total. The van der Waals surface area contributed by atoms with E-state index < -0.39 is 11.7 Å².